The number of aromatic nitrogens is 2. The average molecular weight is 406 g/mol. The second-order valence-electron chi connectivity index (χ2n) is 7.55. The number of piperidine rings is 1. The SMILES string of the molecule is O=C(NC1CC12CCN(c1nccc(C(F)(F)F)n1)CC2)OCc1ccccc1. The molecule has 154 valence electrons. The molecule has 1 spiro atoms. The summed E-state index contributed by atoms with van der Waals surface area (Å²) in [6.07, 6.45) is -1.42. The summed E-state index contributed by atoms with van der Waals surface area (Å²) in [7, 11) is 0. The monoisotopic (exact) mass is 406 g/mol. The summed E-state index contributed by atoms with van der Waals surface area (Å²) >= 11 is 0. The third-order valence-electron chi connectivity index (χ3n) is 5.67. The Kier molecular flexibility index (Phi) is 5.06. The number of amides is 1. The van der Waals surface area contributed by atoms with Crippen molar-refractivity contribution in [2.45, 2.75) is 38.1 Å². The van der Waals surface area contributed by atoms with Gasteiger partial charge in [0.25, 0.3) is 0 Å². The summed E-state index contributed by atoms with van der Waals surface area (Å²) in [5.41, 5.74) is -0.0262. The number of hydrogen-bond acceptors (Lipinski definition) is 5. The highest BCUT2D eigenvalue weighted by Gasteiger charge is 2.56. The predicted octanol–water partition coefficient (Wildman–Crippen LogP) is 3.78. The zero-order valence-corrected chi connectivity index (χ0v) is 15.7. The van der Waals surface area contributed by atoms with Crippen molar-refractivity contribution in [1.82, 2.24) is 15.3 Å². The van der Waals surface area contributed by atoms with Gasteiger partial charge in [-0.3, -0.25) is 0 Å². The number of rotatable bonds is 4. The van der Waals surface area contributed by atoms with Gasteiger partial charge in [0.05, 0.1) is 0 Å². The Morgan fingerprint density at radius 3 is 2.62 bits per heavy atom. The van der Waals surface area contributed by atoms with Crippen LogP contribution in [0.25, 0.3) is 0 Å². The lowest BCUT2D eigenvalue weighted by molar-refractivity contribution is -0.141. The average Bonchev–Trinajstić information content (AvgIpc) is 3.38. The fraction of sp³-hybridized carbons (Fsp3) is 0.450. The van der Waals surface area contributed by atoms with Crippen molar-refractivity contribution in [3.63, 3.8) is 0 Å². The summed E-state index contributed by atoms with van der Waals surface area (Å²) in [5, 5.41) is 2.91. The lowest BCUT2D eigenvalue weighted by Crippen LogP contribution is -2.39. The molecule has 1 aliphatic heterocycles. The van der Waals surface area contributed by atoms with Crippen molar-refractivity contribution in [3.05, 3.63) is 53.9 Å². The van der Waals surface area contributed by atoms with Gasteiger partial charge in [-0.05, 0) is 36.3 Å². The fourth-order valence-electron chi connectivity index (χ4n) is 3.82. The van der Waals surface area contributed by atoms with E-state index in [-0.39, 0.29) is 24.0 Å². The highest BCUT2D eigenvalue weighted by Crippen LogP contribution is 2.54. The van der Waals surface area contributed by atoms with Crippen molar-refractivity contribution >= 4 is 12.0 Å². The molecule has 1 N–H and O–H groups in total. The molecule has 1 amide bonds. The maximum absolute atomic E-state index is 12.9. The van der Waals surface area contributed by atoms with Crippen molar-refractivity contribution in [2.24, 2.45) is 5.41 Å². The van der Waals surface area contributed by atoms with Crippen LogP contribution in [-0.4, -0.2) is 35.2 Å². The summed E-state index contributed by atoms with van der Waals surface area (Å²) in [6.45, 7) is 1.32. The van der Waals surface area contributed by atoms with Gasteiger partial charge < -0.3 is 15.0 Å². The van der Waals surface area contributed by atoms with Crippen LogP contribution in [0.4, 0.5) is 23.9 Å². The van der Waals surface area contributed by atoms with E-state index in [1.54, 1.807) is 4.90 Å². The van der Waals surface area contributed by atoms with Crippen LogP contribution in [0.15, 0.2) is 42.6 Å². The molecule has 29 heavy (non-hydrogen) atoms. The number of alkyl halides is 3. The molecule has 2 aromatic rings. The molecular formula is C20H21F3N4O2. The van der Waals surface area contributed by atoms with Crippen LogP contribution in [0, 0.1) is 5.41 Å². The normalized spacial score (nSPS) is 20.4. The Bertz CT molecular complexity index is 868. The third-order valence-corrected chi connectivity index (χ3v) is 5.67. The number of halogens is 3. The largest absolute Gasteiger partial charge is 0.445 e. The number of benzene rings is 1. The van der Waals surface area contributed by atoms with Gasteiger partial charge in [-0.2, -0.15) is 13.2 Å². The molecule has 1 aromatic heterocycles. The second kappa shape index (κ2) is 7.53. The van der Waals surface area contributed by atoms with Gasteiger partial charge in [0, 0.05) is 25.3 Å². The van der Waals surface area contributed by atoms with E-state index in [9.17, 15) is 18.0 Å². The number of carbonyl (C=O) groups is 1. The summed E-state index contributed by atoms with van der Waals surface area (Å²) in [5.74, 6) is 0.0992. The minimum atomic E-state index is -4.49. The highest BCUT2D eigenvalue weighted by atomic mass is 19.4. The van der Waals surface area contributed by atoms with Crippen molar-refractivity contribution < 1.29 is 22.7 Å². The van der Waals surface area contributed by atoms with Crippen LogP contribution >= 0.6 is 0 Å². The fourth-order valence-corrected chi connectivity index (χ4v) is 3.82. The molecule has 0 radical (unpaired) electrons. The minimum Gasteiger partial charge on any atom is -0.445 e. The van der Waals surface area contributed by atoms with E-state index in [0.29, 0.717) is 13.1 Å². The smallest absolute Gasteiger partial charge is 0.433 e. The lowest BCUT2D eigenvalue weighted by atomic mass is 9.93. The van der Waals surface area contributed by atoms with Crippen molar-refractivity contribution in [3.8, 4) is 0 Å². The zero-order valence-electron chi connectivity index (χ0n) is 15.7. The summed E-state index contributed by atoms with van der Waals surface area (Å²) in [6, 6.07) is 10.3. The predicted molar refractivity (Wildman–Crippen MR) is 99.1 cm³/mol. The molecule has 1 atom stereocenters. The first-order valence-electron chi connectivity index (χ1n) is 9.48. The van der Waals surface area contributed by atoms with Gasteiger partial charge in [-0.1, -0.05) is 30.3 Å². The molecule has 1 saturated carbocycles. The molecule has 1 unspecified atom stereocenters. The first-order chi connectivity index (χ1) is 13.9. The van der Waals surface area contributed by atoms with Crippen LogP contribution in [0.1, 0.15) is 30.5 Å². The molecule has 4 rings (SSSR count). The number of ether oxygens (including phenoxy) is 1. The molecular weight excluding hydrogens is 385 g/mol. The molecule has 1 aliphatic carbocycles. The number of nitrogens with zero attached hydrogens (tertiary/aromatic N) is 3. The van der Waals surface area contributed by atoms with E-state index in [4.69, 9.17) is 4.74 Å². The Morgan fingerprint density at radius 2 is 1.93 bits per heavy atom. The van der Waals surface area contributed by atoms with Gasteiger partial charge in [-0.15, -0.1) is 0 Å². The maximum Gasteiger partial charge on any atom is 0.433 e. The van der Waals surface area contributed by atoms with Crippen LogP contribution in [0.5, 0.6) is 0 Å². The van der Waals surface area contributed by atoms with E-state index in [1.807, 2.05) is 30.3 Å². The Labute approximate surface area is 166 Å². The number of alkyl carbamates (subject to hydrolysis) is 1. The molecule has 2 heterocycles. The van der Waals surface area contributed by atoms with Crippen LogP contribution in [0.2, 0.25) is 0 Å². The third kappa shape index (κ3) is 4.44. The van der Waals surface area contributed by atoms with Gasteiger partial charge in [0.1, 0.15) is 12.3 Å². The van der Waals surface area contributed by atoms with E-state index >= 15 is 0 Å². The Morgan fingerprint density at radius 1 is 1.21 bits per heavy atom. The minimum absolute atomic E-state index is 0.0100. The second-order valence-corrected chi connectivity index (χ2v) is 7.55. The summed E-state index contributed by atoms with van der Waals surface area (Å²) in [4.78, 5) is 21.5. The van der Waals surface area contributed by atoms with E-state index in [0.717, 1.165) is 37.1 Å². The molecule has 1 saturated heterocycles. The van der Waals surface area contributed by atoms with Gasteiger partial charge >= 0.3 is 12.3 Å². The van der Waals surface area contributed by atoms with E-state index < -0.39 is 18.0 Å². The molecule has 0 bridgehead atoms. The summed E-state index contributed by atoms with van der Waals surface area (Å²) < 4.78 is 43.8. The van der Waals surface area contributed by atoms with E-state index in [2.05, 4.69) is 15.3 Å². The lowest BCUT2D eigenvalue weighted by Gasteiger charge is -2.33. The van der Waals surface area contributed by atoms with Crippen LogP contribution in [-0.2, 0) is 17.5 Å². The number of carbonyl (C=O) groups excluding carboxylic acids is 1. The first kappa shape index (κ1) is 19.5. The number of anilines is 1. The van der Waals surface area contributed by atoms with Crippen LogP contribution < -0.4 is 10.2 Å². The van der Waals surface area contributed by atoms with Crippen molar-refractivity contribution in [1.29, 1.82) is 0 Å². The zero-order chi connectivity index (χ0) is 20.5. The maximum atomic E-state index is 12.9. The highest BCUT2D eigenvalue weighted by molar-refractivity contribution is 5.68. The Hall–Kier alpha value is -2.84. The topological polar surface area (TPSA) is 67.4 Å². The van der Waals surface area contributed by atoms with Gasteiger partial charge in [-0.25, -0.2) is 14.8 Å². The molecule has 6 nitrogen and oxygen atoms in total. The number of nitrogens with one attached hydrogen (secondary N) is 1. The van der Waals surface area contributed by atoms with Crippen LogP contribution in [0.3, 0.4) is 0 Å². The van der Waals surface area contributed by atoms with E-state index in [1.165, 1.54) is 0 Å². The Balaban J connectivity index is 1.27. The van der Waals surface area contributed by atoms with Gasteiger partial charge in [0.2, 0.25) is 5.95 Å². The molecule has 2 aliphatic rings. The van der Waals surface area contributed by atoms with Gasteiger partial charge in [0.15, 0.2) is 0 Å². The number of hydrogen-bond donors (Lipinski definition) is 1. The van der Waals surface area contributed by atoms with Crippen molar-refractivity contribution in [2.75, 3.05) is 18.0 Å². The molecule has 2 fully saturated rings. The standard InChI is InChI=1S/C20H21F3N4O2/c21-20(22,23)15-6-9-24-17(25-15)27-10-7-19(8-11-27)12-16(19)26-18(28)29-13-14-4-2-1-3-5-14/h1-6,9,16H,7-8,10-13H2,(H,26,28). The quantitative estimate of drug-likeness (QED) is 0.837. The molecule has 9 heteroatoms. The molecule has 1 aromatic carbocycles. The first-order valence-corrected chi connectivity index (χ1v) is 9.48.